The van der Waals surface area contributed by atoms with Crippen LogP contribution >= 0.6 is 0 Å². The van der Waals surface area contributed by atoms with Crippen LogP contribution in [-0.2, 0) is 4.79 Å². The molecule has 1 N–H and O–H groups in total. The van der Waals surface area contributed by atoms with E-state index in [1.165, 1.54) is 32.1 Å². The summed E-state index contributed by atoms with van der Waals surface area (Å²) in [7, 11) is 1.97. The maximum atomic E-state index is 11.9. The van der Waals surface area contributed by atoms with E-state index in [2.05, 4.69) is 5.32 Å². The maximum absolute atomic E-state index is 11.9. The van der Waals surface area contributed by atoms with E-state index < -0.39 is 0 Å². The molecule has 1 aliphatic heterocycles. The molecule has 2 rings (SSSR count). The zero-order valence-electron chi connectivity index (χ0n) is 9.67. The Balaban J connectivity index is 1.76. The number of amides is 1. The van der Waals surface area contributed by atoms with Gasteiger partial charge in [-0.2, -0.15) is 0 Å². The first-order valence-electron chi connectivity index (χ1n) is 6.24. The Kier molecular flexibility index (Phi) is 3.62. The number of nitrogens with zero attached hydrogens (tertiary/aromatic N) is 1. The summed E-state index contributed by atoms with van der Waals surface area (Å²) in [5, 5.41) is 3.39. The summed E-state index contributed by atoms with van der Waals surface area (Å²) in [6.07, 6.45) is 6.82. The molecule has 3 heteroatoms. The summed E-state index contributed by atoms with van der Waals surface area (Å²) in [6.45, 7) is 2.22. The lowest BCUT2D eigenvalue weighted by Gasteiger charge is -2.20. The molecule has 15 heavy (non-hydrogen) atoms. The molecule has 0 aromatic carbocycles. The van der Waals surface area contributed by atoms with E-state index in [0.717, 1.165) is 19.5 Å². The molecular formula is C12H22N2O. The topological polar surface area (TPSA) is 32.3 Å². The van der Waals surface area contributed by atoms with Crippen molar-refractivity contribution in [1.29, 1.82) is 0 Å². The van der Waals surface area contributed by atoms with Crippen LogP contribution in [0.25, 0.3) is 0 Å². The highest BCUT2D eigenvalue weighted by Crippen LogP contribution is 2.27. The lowest BCUT2D eigenvalue weighted by Crippen LogP contribution is -2.30. The van der Waals surface area contributed by atoms with Crippen molar-refractivity contribution in [2.24, 2.45) is 5.92 Å². The van der Waals surface area contributed by atoms with Gasteiger partial charge in [0.2, 0.25) is 5.91 Å². The average Bonchev–Trinajstić information content (AvgIpc) is 3.04. The van der Waals surface area contributed by atoms with E-state index in [9.17, 15) is 4.79 Å². The number of hydrogen-bond donors (Lipinski definition) is 1. The van der Waals surface area contributed by atoms with Gasteiger partial charge >= 0.3 is 0 Å². The molecule has 1 saturated carbocycles. The Labute approximate surface area is 92.2 Å². The van der Waals surface area contributed by atoms with Crippen molar-refractivity contribution in [3.8, 4) is 0 Å². The highest BCUT2D eigenvalue weighted by Gasteiger charge is 2.30. The van der Waals surface area contributed by atoms with E-state index in [4.69, 9.17) is 0 Å². The van der Waals surface area contributed by atoms with Crippen LogP contribution in [0.1, 0.15) is 38.5 Å². The second-order valence-electron chi connectivity index (χ2n) is 4.99. The van der Waals surface area contributed by atoms with E-state index >= 15 is 0 Å². The molecule has 1 aliphatic carbocycles. The van der Waals surface area contributed by atoms with E-state index in [1.807, 2.05) is 11.9 Å². The van der Waals surface area contributed by atoms with Gasteiger partial charge in [0.1, 0.15) is 0 Å². The first-order valence-corrected chi connectivity index (χ1v) is 6.24. The normalized spacial score (nSPS) is 27.1. The fourth-order valence-electron chi connectivity index (χ4n) is 2.35. The molecule has 0 spiro atoms. The molecule has 0 bridgehead atoms. The van der Waals surface area contributed by atoms with Crippen molar-refractivity contribution in [3.63, 3.8) is 0 Å². The lowest BCUT2D eigenvalue weighted by atomic mass is 9.96. The van der Waals surface area contributed by atoms with Crippen molar-refractivity contribution in [2.45, 2.75) is 44.6 Å². The van der Waals surface area contributed by atoms with Gasteiger partial charge in [-0.3, -0.25) is 4.79 Å². The molecule has 1 atom stereocenters. The van der Waals surface area contributed by atoms with Crippen LogP contribution in [-0.4, -0.2) is 37.0 Å². The number of carbonyl (C=O) groups is 1. The fourth-order valence-corrected chi connectivity index (χ4v) is 2.35. The zero-order valence-corrected chi connectivity index (χ0v) is 9.67. The van der Waals surface area contributed by atoms with Crippen LogP contribution in [0.15, 0.2) is 0 Å². The Bertz CT molecular complexity index is 218. The molecule has 1 amide bonds. The zero-order chi connectivity index (χ0) is 10.7. The van der Waals surface area contributed by atoms with Crippen LogP contribution in [0.5, 0.6) is 0 Å². The highest BCUT2D eigenvalue weighted by atomic mass is 16.2. The van der Waals surface area contributed by atoms with Crippen LogP contribution in [0.4, 0.5) is 0 Å². The molecule has 0 aromatic heterocycles. The van der Waals surface area contributed by atoms with Gasteiger partial charge in [0, 0.05) is 19.5 Å². The van der Waals surface area contributed by atoms with E-state index in [0.29, 0.717) is 17.9 Å². The molecule has 86 valence electrons. The molecule has 3 nitrogen and oxygen atoms in total. The van der Waals surface area contributed by atoms with E-state index in [1.54, 1.807) is 0 Å². The molecule has 1 unspecified atom stereocenters. The van der Waals surface area contributed by atoms with Crippen molar-refractivity contribution in [2.75, 3.05) is 20.1 Å². The van der Waals surface area contributed by atoms with Crippen LogP contribution < -0.4 is 5.32 Å². The van der Waals surface area contributed by atoms with Crippen LogP contribution in [0.3, 0.4) is 0 Å². The maximum Gasteiger partial charge on any atom is 0.222 e. The third kappa shape index (κ3) is 3.20. The van der Waals surface area contributed by atoms with Gasteiger partial charge in [-0.15, -0.1) is 0 Å². The van der Waals surface area contributed by atoms with Gasteiger partial charge in [0.15, 0.2) is 0 Å². The number of carbonyl (C=O) groups excluding carboxylic acids is 1. The summed E-state index contributed by atoms with van der Waals surface area (Å²) in [4.78, 5) is 13.9. The number of rotatable bonds is 3. The smallest absolute Gasteiger partial charge is 0.222 e. The first-order chi connectivity index (χ1) is 7.27. The number of nitrogens with one attached hydrogen (secondary N) is 1. The Hall–Kier alpha value is -0.570. The highest BCUT2D eigenvalue weighted by molar-refractivity contribution is 5.76. The third-order valence-electron chi connectivity index (χ3n) is 3.65. The Morgan fingerprint density at radius 1 is 1.27 bits per heavy atom. The van der Waals surface area contributed by atoms with Crippen molar-refractivity contribution >= 4 is 5.91 Å². The third-order valence-corrected chi connectivity index (χ3v) is 3.65. The molecule has 0 radical (unpaired) electrons. The van der Waals surface area contributed by atoms with Gasteiger partial charge in [-0.1, -0.05) is 0 Å². The summed E-state index contributed by atoms with van der Waals surface area (Å²) >= 11 is 0. The van der Waals surface area contributed by atoms with Crippen molar-refractivity contribution in [1.82, 2.24) is 10.2 Å². The van der Waals surface area contributed by atoms with Gasteiger partial charge in [0.05, 0.1) is 0 Å². The second-order valence-corrected chi connectivity index (χ2v) is 4.99. The molecule has 1 saturated heterocycles. The lowest BCUT2D eigenvalue weighted by molar-refractivity contribution is -0.131. The average molecular weight is 210 g/mol. The fraction of sp³-hybridized carbons (Fsp3) is 0.917. The molecular weight excluding hydrogens is 188 g/mol. The van der Waals surface area contributed by atoms with Gasteiger partial charge in [-0.25, -0.2) is 0 Å². The standard InChI is InChI=1S/C12H22N2O/c1-14(11-4-5-11)12(15)9-10-3-2-7-13-8-6-10/h10-11,13H,2-9H2,1H3. The van der Waals surface area contributed by atoms with Gasteiger partial charge < -0.3 is 10.2 Å². The van der Waals surface area contributed by atoms with Gasteiger partial charge in [0.25, 0.3) is 0 Å². The largest absolute Gasteiger partial charge is 0.343 e. The van der Waals surface area contributed by atoms with E-state index in [-0.39, 0.29) is 0 Å². The second kappa shape index (κ2) is 4.97. The number of hydrogen-bond acceptors (Lipinski definition) is 2. The predicted molar refractivity (Wildman–Crippen MR) is 60.6 cm³/mol. The molecule has 2 aliphatic rings. The Morgan fingerprint density at radius 3 is 2.80 bits per heavy atom. The first kappa shape index (κ1) is 10.9. The predicted octanol–water partition coefficient (Wildman–Crippen LogP) is 1.39. The summed E-state index contributed by atoms with van der Waals surface area (Å²) in [6, 6.07) is 0.571. The Morgan fingerprint density at radius 2 is 2.07 bits per heavy atom. The molecule has 1 heterocycles. The summed E-state index contributed by atoms with van der Waals surface area (Å²) in [5.41, 5.74) is 0. The summed E-state index contributed by atoms with van der Waals surface area (Å²) < 4.78 is 0. The van der Waals surface area contributed by atoms with Crippen molar-refractivity contribution in [3.05, 3.63) is 0 Å². The quantitative estimate of drug-likeness (QED) is 0.763. The molecule has 2 fully saturated rings. The van der Waals surface area contributed by atoms with Crippen LogP contribution in [0.2, 0.25) is 0 Å². The summed E-state index contributed by atoms with van der Waals surface area (Å²) in [5.74, 6) is 0.984. The van der Waals surface area contributed by atoms with Crippen molar-refractivity contribution < 1.29 is 4.79 Å². The minimum Gasteiger partial charge on any atom is -0.343 e. The van der Waals surface area contributed by atoms with Crippen LogP contribution in [0, 0.1) is 5.92 Å². The SMILES string of the molecule is CN(C(=O)CC1CCCNCC1)C1CC1. The van der Waals surface area contributed by atoms with Gasteiger partial charge in [-0.05, 0) is 51.1 Å². The minimum absolute atomic E-state index is 0.365. The minimum atomic E-state index is 0.365. The molecule has 0 aromatic rings. The monoisotopic (exact) mass is 210 g/mol.